The maximum atomic E-state index is 7.38. The maximum Gasteiger partial charge on any atom is 0.227 e. The summed E-state index contributed by atoms with van der Waals surface area (Å²) in [4.78, 5) is 8.71. The summed E-state index contributed by atoms with van der Waals surface area (Å²) < 4.78 is 2.04. The zero-order valence-corrected chi connectivity index (χ0v) is 13.7. The number of nitrogens with one attached hydrogen (secondary N) is 4. The normalized spacial score (nSPS) is 16.0. The van der Waals surface area contributed by atoms with Gasteiger partial charge in [-0.15, -0.1) is 0 Å². The van der Waals surface area contributed by atoms with Crippen LogP contribution in [0, 0.1) is 5.41 Å². The fourth-order valence-electron chi connectivity index (χ4n) is 2.72. The molecule has 1 saturated heterocycles. The Hall–Kier alpha value is -2.74. The van der Waals surface area contributed by atoms with Gasteiger partial charge in [-0.05, 0) is 32.0 Å². The average molecular weight is 326 g/mol. The van der Waals surface area contributed by atoms with Gasteiger partial charge in [0, 0.05) is 37.4 Å². The van der Waals surface area contributed by atoms with Gasteiger partial charge in [-0.25, -0.2) is 9.97 Å². The molecule has 2 aromatic heterocycles. The molecular weight excluding hydrogens is 304 g/mol. The highest BCUT2D eigenvalue weighted by Gasteiger charge is 2.16. The van der Waals surface area contributed by atoms with E-state index < -0.39 is 0 Å². The fraction of sp³-hybridized carbons (Fsp3) is 0.375. The molecule has 2 aromatic rings. The quantitative estimate of drug-likeness (QED) is 0.598. The van der Waals surface area contributed by atoms with Crippen LogP contribution in [0.4, 0.5) is 5.95 Å². The lowest BCUT2D eigenvalue weighted by molar-refractivity contribution is 0.343. The highest BCUT2D eigenvalue weighted by atomic mass is 15.3. The van der Waals surface area contributed by atoms with Crippen LogP contribution >= 0.6 is 0 Å². The Morgan fingerprint density at radius 2 is 2.25 bits per heavy atom. The van der Waals surface area contributed by atoms with Gasteiger partial charge in [0.05, 0.1) is 23.6 Å². The van der Waals surface area contributed by atoms with Crippen molar-refractivity contribution in [2.75, 3.05) is 25.5 Å². The van der Waals surface area contributed by atoms with Crippen molar-refractivity contribution in [2.24, 2.45) is 0 Å². The van der Waals surface area contributed by atoms with Gasteiger partial charge in [0.2, 0.25) is 5.95 Å². The number of hydrogen-bond acceptors (Lipinski definition) is 7. The van der Waals surface area contributed by atoms with Crippen LogP contribution in [0.3, 0.4) is 0 Å². The van der Waals surface area contributed by atoms with E-state index >= 15 is 0 Å². The van der Waals surface area contributed by atoms with Gasteiger partial charge in [-0.1, -0.05) is 0 Å². The van der Waals surface area contributed by atoms with E-state index in [2.05, 4.69) is 31.0 Å². The molecule has 0 spiro atoms. The van der Waals surface area contributed by atoms with Crippen LogP contribution in [0.15, 0.2) is 36.6 Å². The number of anilines is 1. The first-order chi connectivity index (χ1) is 11.8. The summed E-state index contributed by atoms with van der Waals surface area (Å²) in [7, 11) is 1.78. The Morgan fingerprint density at radius 1 is 1.42 bits per heavy atom. The summed E-state index contributed by atoms with van der Waals surface area (Å²) in [6.45, 7) is 2.07. The highest BCUT2D eigenvalue weighted by molar-refractivity contribution is 5.79. The van der Waals surface area contributed by atoms with E-state index in [0.29, 0.717) is 17.7 Å². The number of aromatic nitrogens is 4. The van der Waals surface area contributed by atoms with E-state index in [0.717, 1.165) is 37.2 Å². The molecule has 3 rings (SSSR count). The first kappa shape index (κ1) is 16.1. The fourth-order valence-corrected chi connectivity index (χ4v) is 2.72. The molecule has 0 atom stereocenters. The lowest BCUT2D eigenvalue weighted by Crippen LogP contribution is -2.29. The molecule has 0 aromatic carbocycles. The Balaban J connectivity index is 1.77. The third-order valence-electron chi connectivity index (χ3n) is 3.95. The molecule has 1 aliphatic rings. The molecule has 1 fully saturated rings. The van der Waals surface area contributed by atoms with Crippen LogP contribution in [0.25, 0.3) is 11.3 Å². The second-order valence-corrected chi connectivity index (χ2v) is 5.61. The summed E-state index contributed by atoms with van der Waals surface area (Å²) in [5.41, 5.74) is 2.36. The summed E-state index contributed by atoms with van der Waals surface area (Å²) in [6, 6.07) is 2.31. The van der Waals surface area contributed by atoms with Crippen molar-refractivity contribution in [1.29, 1.82) is 5.41 Å². The predicted molar refractivity (Wildman–Crippen MR) is 93.9 cm³/mol. The average Bonchev–Trinajstić information content (AvgIpc) is 3.12. The second-order valence-electron chi connectivity index (χ2n) is 5.61. The minimum atomic E-state index is 0.447. The Labute approximate surface area is 140 Å². The van der Waals surface area contributed by atoms with E-state index in [1.807, 2.05) is 23.1 Å². The summed E-state index contributed by atoms with van der Waals surface area (Å²) in [6.07, 6.45) is 10.7. The molecule has 0 saturated carbocycles. The lowest BCUT2D eigenvalue weighted by atomic mass is 10.1. The van der Waals surface area contributed by atoms with Crippen molar-refractivity contribution in [3.05, 3.63) is 36.6 Å². The molecule has 0 bridgehead atoms. The monoisotopic (exact) mass is 326 g/mol. The molecular formula is C16H22N8. The first-order valence-electron chi connectivity index (χ1n) is 8.03. The van der Waals surface area contributed by atoms with E-state index in [9.17, 15) is 0 Å². The number of rotatable bonds is 6. The Bertz CT molecular complexity index is 714. The topological polar surface area (TPSA) is 104 Å². The minimum Gasteiger partial charge on any atom is -0.392 e. The van der Waals surface area contributed by atoms with Gasteiger partial charge in [-0.2, -0.15) is 5.10 Å². The predicted octanol–water partition coefficient (Wildman–Crippen LogP) is 1.39. The van der Waals surface area contributed by atoms with Gasteiger partial charge in [0.15, 0.2) is 0 Å². The Morgan fingerprint density at radius 3 is 3.00 bits per heavy atom. The summed E-state index contributed by atoms with van der Waals surface area (Å²) in [5.74, 6) is 0.451. The molecule has 8 heteroatoms. The smallest absolute Gasteiger partial charge is 0.227 e. The van der Waals surface area contributed by atoms with Crippen molar-refractivity contribution >= 4 is 12.2 Å². The van der Waals surface area contributed by atoms with Crippen molar-refractivity contribution in [1.82, 2.24) is 30.4 Å². The first-order valence-corrected chi connectivity index (χ1v) is 8.03. The van der Waals surface area contributed by atoms with E-state index in [4.69, 9.17) is 5.41 Å². The number of nitrogens with zero attached hydrogens (tertiary/aromatic N) is 4. The van der Waals surface area contributed by atoms with E-state index in [-0.39, 0.29) is 0 Å². The molecule has 4 N–H and O–H groups in total. The van der Waals surface area contributed by atoms with Crippen molar-refractivity contribution in [3.8, 4) is 11.3 Å². The van der Waals surface area contributed by atoms with Crippen molar-refractivity contribution in [2.45, 2.75) is 18.9 Å². The molecule has 8 nitrogen and oxygen atoms in total. The minimum absolute atomic E-state index is 0.447. The highest BCUT2D eigenvalue weighted by Crippen LogP contribution is 2.22. The van der Waals surface area contributed by atoms with Crippen LogP contribution in [0.1, 0.15) is 18.9 Å². The number of piperidine rings is 1. The standard InChI is InChI=1S/C16H22N8/c1-18-10-13(8-17)22-16-20-7-4-15(23-16)12-9-21-24(11-12)14-2-5-19-6-3-14/h4,7-11,14,17-19H,2-3,5-6H2,1H3,(H,20,22,23)/b13-10+,17-8?. The van der Waals surface area contributed by atoms with Crippen LogP contribution < -0.4 is 16.0 Å². The van der Waals surface area contributed by atoms with Crippen molar-refractivity contribution in [3.63, 3.8) is 0 Å². The number of hydrogen-bond donors (Lipinski definition) is 4. The Kier molecular flexibility index (Phi) is 5.17. The summed E-state index contributed by atoms with van der Waals surface area (Å²) in [5, 5.41) is 21.1. The van der Waals surface area contributed by atoms with Gasteiger partial charge >= 0.3 is 0 Å². The van der Waals surface area contributed by atoms with Crippen LogP contribution in [-0.4, -0.2) is 46.1 Å². The maximum absolute atomic E-state index is 7.38. The second kappa shape index (κ2) is 7.69. The van der Waals surface area contributed by atoms with Gasteiger partial charge in [0.25, 0.3) is 0 Å². The molecule has 24 heavy (non-hydrogen) atoms. The molecule has 0 radical (unpaired) electrons. The molecule has 1 aliphatic heterocycles. The van der Waals surface area contributed by atoms with Gasteiger partial charge < -0.3 is 21.4 Å². The molecule has 0 aliphatic carbocycles. The van der Waals surface area contributed by atoms with Crippen LogP contribution in [0.5, 0.6) is 0 Å². The largest absolute Gasteiger partial charge is 0.392 e. The molecule has 0 amide bonds. The van der Waals surface area contributed by atoms with E-state index in [1.54, 1.807) is 19.4 Å². The number of allylic oxidation sites excluding steroid dienone is 1. The summed E-state index contributed by atoms with van der Waals surface area (Å²) >= 11 is 0. The van der Waals surface area contributed by atoms with Gasteiger partial charge in [0.1, 0.15) is 0 Å². The van der Waals surface area contributed by atoms with E-state index in [1.165, 1.54) is 6.21 Å². The molecule has 126 valence electrons. The van der Waals surface area contributed by atoms with Crippen molar-refractivity contribution < 1.29 is 0 Å². The van der Waals surface area contributed by atoms with Crippen LogP contribution in [0.2, 0.25) is 0 Å². The molecule has 0 unspecified atom stereocenters. The van der Waals surface area contributed by atoms with Gasteiger partial charge in [-0.3, -0.25) is 4.68 Å². The van der Waals surface area contributed by atoms with Crippen LogP contribution in [-0.2, 0) is 0 Å². The SMILES string of the molecule is CN/C=C(\C=N)Nc1nccc(-c2cnn(C3CCNCC3)c2)n1. The zero-order valence-electron chi connectivity index (χ0n) is 13.7. The lowest BCUT2D eigenvalue weighted by Gasteiger charge is -2.22. The third-order valence-corrected chi connectivity index (χ3v) is 3.95. The zero-order chi connectivity index (χ0) is 16.8. The third kappa shape index (κ3) is 3.77. The molecule has 3 heterocycles.